The van der Waals surface area contributed by atoms with Gasteiger partial charge in [-0.3, -0.25) is 15.1 Å². The topological polar surface area (TPSA) is 81.9 Å². The van der Waals surface area contributed by atoms with E-state index in [9.17, 15) is 4.79 Å². The summed E-state index contributed by atoms with van der Waals surface area (Å²) in [5.74, 6) is 0.416. The standard InChI is InChI=1S/C22H23N5O2S/c1-2-29-12-6-11-27-19-9-4-3-8-18(19)25-22(27)26-20(28)13-17-15-30-21(24-17)16-7-5-10-23-14-16/h3-5,7-10,14-15H,2,6,11-13H2,1H3,(H,25,26,28). The van der Waals surface area contributed by atoms with Gasteiger partial charge in [0.25, 0.3) is 0 Å². The number of benzene rings is 1. The van der Waals surface area contributed by atoms with Crippen molar-refractivity contribution in [1.29, 1.82) is 0 Å². The fourth-order valence-corrected chi connectivity index (χ4v) is 4.02. The van der Waals surface area contributed by atoms with Crippen LogP contribution in [0.15, 0.2) is 54.2 Å². The summed E-state index contributed by atoms with van der Waals surface area (Å²) in [7, 11) is 0. The van der Waals surface area contributed by atoms with E-state index >= 15 is 0 Å². The molecule has 1 amide bonds. The first-order chi connectivity index (χ1) is 14.7. The Labute approximate surface area is 178 Å². The minimum absolute atomic E-state index is 0.139. The first kappa shape index (κ1) is 20.2. The second-order valence-electron chi connectivity index (χ2n) is 6.74. The van der Waals surface area contributed by atoms with Crippen LogP contribution in [0.2, 0.25) is 0 Å². The number of thiazole rings is 1. The number of imidazole rings is 1. The Hall–Kier alpha value is -3.10. The highest BCUT2D eigenvalue weighted by atomic mass is 32.1. The number of aromatic nitrogens is 4. The van der Waals surface area contributed by atoms with Crippen LogP contribution in [0, 0.1) is 0 Å². The van der Waals surface area contributed by atoms with E-state index in [1.54, 1.807) is 12.4 Å². The summed E-state index contributed by atoms with van der Waals surface area (Å²) in [6.07, 6.45) is 4.54. The predicted octanol–water partition coefficient (Wildman–Crippen LogP) is 4.16. The Balaban J connectivity index is 1.47. The summed E-state index contributed by atoms with van der Waals surface area (Å²) in [5, 5.41) is 5.73. The molecule has 0 saturated heterocycles. The number of hydrogen-bond donors (Lipinski definition) is 1. The van der Waals surface area contributed by atoms with E-state index in [0.29, 0.717) is 19.2 Å². The summed E-state index contributed by atoms with van der Waals surface area (Å²) in [4.78, 5) is 26.0. The number of ether oxygens (including phenoxy) is 1. The van der Waals surface area contributed by atoms with E-state index in [-0.39, 0.29) is 12.3 Å². The van der Waals surface area contributed by atoms with Crippen molar-refractivity contribution >= 4 is 34.2 Å². The molecule has 154 valence electrons. The van der Waals surface area contributed by atoms with Crippen molar-refractivity contribution in [2.45, 2.75) is 26.3 Å². The molecule has 0 saturated carbocycles. The highest BCUT2D eigenvalue weighted by Crippen LogP contribution is 2.24. The smallest absolute Gasteiger partial charge is 0.232 e. The molecule has 0 aliphatic heterocycles. The third kappa shape index (κ3) is 4.72. The van der Waals surface area contributed by atoms with Crippen molar-refractivity contribution in [3.05, 3.63) is 59.9 Å². The maximum Gasteiger partial charge on any atom is 0.232 e. The monoisotopic (exact) mass is 421 g/mol. The molecule has 1 aromatic carbocycles. The predicted molar refractivity (Wildman–Crippen MR) is 119 cm³/mol. The molecule has 0 bridgehead atoms. The summed E-state index contributed by atoms with van der Waals surface area (Å²) in [6, 6.07) is 11.7. The number of rotatable bonds is 9. The molecule has 0 radical (unpaired) electrons. The zero-order chi connectivity index (χ0) is 20.8. The lowest BCUT2D eigenvalue weighted by atomic mass is 10.3. The molecular formula is C22H23N5O2S. The molecule has 8 heteroatoms. The maximum atomic E-state index is 12.7. The SMILES string of the molecule is CCOCCCn1c(NC(=O)Cc2csc(-c3cccnc3)n2)nc2ccccc21. The molecule has 1 N–H and O–H groups in total. The molecule has 4 aromatic rings. The molecule has 0 fully saturated rings. The fourth-order valence-electron chi connectivity index (χ4n) is 3.21. The van der Waals surface area contributed by atoms with Gasteiger partial charge in [0.1, 0.15) is 5.01 Å². The van der Waals surface area contributed by atoms with Crippen molar-refractivity contribution < 1.29 is 9.53 Å². The van der Waals surface area contributed by atoms with Crippen molar-refractivity contribution in [1.82, 2.24) is 19.5 Å². The third-order valence-corrected chi connectivity index (χ3v) is 5.52. The normalized spacial score (nSPS) is 11.1. The third-order valence-electron chi connectivity index (χ3n) is 4.58. The minimum Gasteiger partial charge on any atom is -0.382 e. The van der Waals surface area contributed by atoms with Gasteiger partial charge in [0.2, 0.25) is 11.9 Å². The highest BCUT2D eigenvalue weighted by Gasteiger charge is 2.15. The molecule has 3 aromatic heterocycles. The molecule has 0 spiro atoms. The first-order valence-electron chi connectivity index (χ1n) is 9.92. The van der Waals surface area contributed by atoms with Gasteiger partial charge < -0.3 is 9.30 Å². The van der Waals surface area contributed by atoms with E-state index in [0.717, 1.165) is 40.3 Å². The minimum atomic E-state index is -0.139. The maximum absolute atomic E-state index is 12.7. The number of amides is 1. The van der Waals surface area contributed by atoms with Crippen LogP contribution in [-0.2, 0) is 22.5 Å². The zero-order valence-corrected chi connectivity index (χ0v) is 17.6. The number of hydrogen-bond acceptors (Lipinski definition) is 6. The van der Waals surface area contributed by atoms with Crippen LogP contribution in [0.3, 0.4) is 0 Å². The van der Waals surface area contributed by atoms with Gasteiger partial charge in [-0.05, 0) is 37.6 Å². The van der Waals surface area contributed by atoms with Gasteiger partial charge in [-0.15, -0.1) is 11.3 Å². The molecule has 30 heavy (non-hydrogen) atoms. The lowest BCUT2D eigenvalue weighted by molar-refractivity contribution is -0.115. The molecule has 4 rings (SSSR count). The van der Waals surface area contributed by atoms with Gasteiger partial charge in [-0.1, -0.05) is 12.1 Å². The number of fused-ring (bicyclic) bond motifs is 1. The number of pyridine rings is 1. The number of carbonyl (C=O) groups excluding carboxylic acids is 1. The first-order valence-corrected chi connectivity index (χ1v) is 10.8. The van der Waals surface area contributed by atoms with Crippen LogP contribution in [0.5, 0.6) is 0 Å². The van der Waals surface area contributed by atoms with E-state index in [4.69, 9.17) is 4.74 Å². The molecule has 0 unspecified atom stereocenters. The number of nitrogens with one attached hydrogen (secondary N) is 1. The van der Waals surface area contributed by atoms with Gasteiger partial charge in [0, 0.05) is 43.1 Å². The highest BCUT2D eigenvalue weighted by molar-refractivity contribution is 7.13. The van der Waals surface area contributed by atoms with Crippen molar-refractivity contribution in [2.75, 3.05) is 18.5 Å². The number of anilines is 1. The van der Waals surface area contributed by atoms with Crippen molar-refractivity contribution in [2.24, 2.45) is 0 Å². The van der Waals surface area contributed by atoms with Crippen LogP contribution < -0.4 is 5.32 Å². The molecular weight excluding hydrogens is 398 g/mol. The molecule has 0 aliphatic carbocycles. The van der Waals surface area contributed by atoms with E-state index in [2.05, 4.69) is 20.3 Å². The van der Waals surface area contributed by atoms with Crippen LogP contribution in [0.25, 0.3) is 21.6 Å². The van der Waals surface area contributed by atoms with Crippen LogP contribution in [-0.4, -0.2) is 38.6 Å². The van der Waals surface area contributed by atoms with E-state index in [1.807, 2.05) is 53.3 Å². The fraction of sp³-hybridized carbons (Fsp3) is 0.273. The number of aryl methyl sites for hydroxylation is 1. The number of para-hydroxylation sites is 2. The second kappa shape index (κ2) is 9.60. The van der Waals surface area contributed by atoms with Gasteiger partial charge in [-0.25, -0.2) is 9.97 Å². The quantitative estimate of drug-likeness (QED) is 0.410. The lowest BCUT2D eigenvalue weighted by Gasteiger charge is -2.10. The molecule has 0 atom stereocenters. The summed E-state index contributed by atoms with van der Waals surface area (Å²) < 4.78 is 7.49. The second-order valence-corrected chi connectivity index (χ2v) is 7.59. The molecule has 3 heterocycles. The average molecular weight is 422 g/mol. The number of nitrogens with zero attached hydrogens (tertiary/aromatic N) is 4. The van der Waals surface area contributed by atoms with Gasteiger partial charge >= 0.3 is 0 Å². The molecule has 7 nitrogen and oxygen atoms in total. The van der Waals surface area contributed by atoms with Gasteiger partial charge in [0.05, 0.1) is 23.1 Å². The summed E-state index contributed by atoms with van der Waals surface area (Å²) in [6.45, 7) is 4.07. The lowest BCUT2D eigenvalue weighted by Crippen LogP contribution is -2.18. The Bertz CT molecular complexity index is 1120. The van der Waals surface area contributed by atoms with E-state index < -0.39 is 0 Å². The number of carbonyl (C=O) groups is 1. The zero-order valence-electron chi connectivity index (χ0n) is 16.7. The Morgan fingerprint density at radius 1 is 1.20 bits per heavy atom. The van der Waals surface area contributed by atoms with Crippen molar-refractivity contribution in [3.8, 4) is 10.6 Å². The van der Waals surface area contributed by atoms with E-state index in [1.165, 1.54) is 11.3 Å². The summed E-state index contributed by atoms with van der Waals surface area (Å²) in [5.41, 5.74) is 3.54. The Morgan fingerprint density at radius 3 is 2.93 bits per heavy atom. The summed E-state index contributed by atoms with van der Waals surface area (Å²) >= 11 is 1.51. The average Bonchev–Trinajstić information content (AvgIpc) is 3.36. The van der Waals surface area contributed by atoms with Crippen molar-refractivity contribution in [3.63, 3.8) is 0 Å². The van der Waals surface area contributed by atoms with Gasteiger partial charge in [-0.2, -0.15) is 0 Å². The molecule has 0 aliphatic rings. The van der Waals surface area contributed by atoms with Crippen LogP contribution >= 0.6 is 11.3 Å². The Kier molecular flexibility index (Phi) is 6.46. The van der Waals surface area contributed by atoms with Crippen LogP contribution in [0.1, 0.15) is 19.0 Å². The Morgan fingerprint density at radius 2 is 2.10 bits per heavy atom. The largest absolute Gasteiger partial charge is 0.382 e. The van der Waals surface area contributed by atoms with Crippen LogP contribution in [0.4, 0.5) is 5.95 Å². The van der Waals surface area contributed by atoms with Gasteiger partial charge in [0.15, 0.2) is 0 Å².